The van der Waals surface area contributed by atoms with E-state index in [1.54, 1.807) is 24.3 Å². The third kappa shape index (κ3) is 6.72. The van der Waals surface area contributed by atoms with Crippen LogP contribution in [-0.4, -0.2) is 66.2 Å². The molecule has 0 spiro atoms. The summed E-state index contributed by atoms with van der Waals surface area (Å²) in [5, 5.41) is 3.17. The maximum Gasteiger partial charge on any atom is 0.253 e. The summed E-state index contributed by atoms with van der Waals surface area (Å²) >= 11 is 0. The molecule has 1 N–H and O–H groups in total. The van der Waals surface area contributed by atoms with Crippen molar-refractivity contribution in [2.24, 2.45) is 17.3 Å². The molecule has 2 aromatic carbocycles. The zero-order chi connectivity index (χ0) is 30.4. The number of rotatable bonds is 12. The minimum absolute atomic E-state index is 0.0244. The van der Waals surface area contributed by atoms with Crippen molar-refractivity contribution in [3.63, 3.8) is 0 Å². The Balaban J connectivity index is 1.45. The van der Waals surface area contributed by atoms with Crippen LogP contribution in [-0.2, 0) is 9.59 Å². The smallest absolute Gasteiger partial charge is 0.253 e. The molecular formula is C35H49N3O4. The van der Waals surface area contributed by atoms with E-state index in [0.717, 1.165) is 56.7 Å². The highest BCUT2D eigenvalue weighted by Crippen LogP contribution is 2.50. The Bertz CT molecular complexity index is 1210. The molecule has 0 bridgehead atoms. The number of carbonyl (C=O) groups is 3. The van der Waals surface area contributed by atoms with Crippen LogP contribution in [0.3, 0.4) is 0 Å². The van der Waals surface area contributed by atoms with Gasteiger partial charge in [0, 0.05) is 38.3 Å². The van der Waals surface area contributed by atoms with E-state index in [1.165, 1.54) is 0 Å². The predicted molar refractivity (Wildman–Crippen MR) is 167 cm³/mol. The second kappa shape index (κ2) is 13.9. The van der Waals surface area contributed by atoms with Crippen LogP contribution < -0.4 is 10.1 Å². The van der Waals surface area contributed by atoms with Gasteiger partial charge in [-0.25, -0.2) is 0 Å². The van der Waals surface area contributed by atoms with Crippen molar-refractivity contribution in [1.29, 1.82) is 0 Å². The van der Waals surface area contributed by atoms with Crippen molar-refractivity contribution < 1.29 is 19.1 Å². The van der Waals surface area contributed by atoms with Crippen molar-refractivity contribution >= 4 is 17.6 Å². The first-order valence-electron chi connectivity index (χ1n) is 15.8. The largest absolute Gasteiger partial charge is 0.488 e. The molecule has 1 heterocycles. The average molecular weight is 576 g/mol. The molecule has 228 valence electrons. The van der Waals surface area contributed by atoms with Crippen LogP contribution in [0.5, 0.6) is 5.75 Å². The van der Waals surface area contributed by atoms with Gasteiger partial charge in [0.05, 0.1) is 11.5 Å². The number of amides is 2. The van der Waals surface area contributed by atoms with E-state index >= 15 is 0 Å². The molecule has 3 atom stereocenters. The normalized spacial score (nSPS) is 21.1. The summed E-state index contributed by atoms with van der Waals surface area (Å²) < 4.78 is 6.43. The third-order valence-electron chi connectivity index (χ3n) is 9.19. The number of hydrogen-bond acceptors (Lipinski definition) is 5. The zero-order valence-corrected chi connectivity index (χ0v) is 26.3. The summed E-state index contributed by atoms with van der Waals surface area (Å²) in [6.45, 7) is 16.8. The molecule has 1 aliphatic heterocycles. The summed E-state index contributed by atoms with van der Waals surface area (Å²) in [7, 11) is 0. The summed E-state index contributed by atoms with van der Waals surface area (Å²) in [6, 6.07) is 15.2. The fourth-order valence-corrected chi connectivity index (χ4v) is 6.57. The van der Waals surface area contributed by atoms with E-state index in [-0.39, 0.29) is 23.6 Å². The maximum absolute atomic E-state index is 13.6. The number of hydrogen-bond donors (Lipinski definition) is 1. The van der Waals surface area contributed by atoms with Gasteiger partial charge in [-0.05, 0) is 61.9 Å². The molecule has 42 heavy (non-hydrogen) atoms. The van der Waals surface area contributed by atoms with Gasteiger partial charge in [0.2, 0.25) is 5.91 Å². The molecule has 0 radical (unpaired) electrons. The minimum Gasteiger partial charge on any atom is -0.488 e. The van der Waals surface area contributed by atoms with Gasteiger partial charge >= 0.3 is 0 Å². The minimum atomic E-state index is -0.863. The number of Topliss-reactive ketones (excluding diaryl/α,β-unsaturated/α-hetero) is 1. The Morgan fingerprint density at radius 3 is 2.12 bits per heavy atom. The molecule has 4 rings (SSSR count). The first-order chi connectivity index (χ1) is 20.1. The Labute approximate surface area is 252 Å². The highest BCUT2D eigenvalue weighted by molar-refractivity contribution is 6.10. The molecule has 2 amide bonds. The van der Waals surface area contributed by atoms with Crippen LogP contribution in [0.25, 0.3) is 0 Å². The second-order valence-electron chi connectivity index (χ2n) is 12.5. The lowest BCUT2D eigenvalue weighted by molar-refractivity contribution is -0.173. The number of benzene rings is 2. The van der Waals surface area contributed by atoms with Crippen molar-refractivity contribution in [2.75, 3.05) is 32.7 Å². The van der Waals surface area contributed by atoms with Crippen molar-refractivity contribution in [3.8, 4) is 5.75 Å². The maximum atomic E-state index is 13.6. The Morgan fingerprint density at radius 1 is 0.952 bits per heavy atom. The van der Waals surface area contributed by atoms with Crippen LogP contribution in [0.2, 0.25) is 0 Å². The van der Waals surface area contributed by atoms with Gasteiger partial charge in [0.1, 0.15) is 17.8 Å². The monoisotopic (exact) mass is 575 g/mol. The van der Waals surface area contributed by atoms with Gasteiger partial charge in [0.15, 0.2) is 5.78 Å². The van der Waals surface area contributed by atoms with E-state index in [2.05, 4.69) is 31.0 Å². The lowest BCUT2D eigenvalue weighted by atomic mass is 9.55. The zero-order valence-electron chi connectivity index (χ0n) is 26.3. The van der Waals surface area contributed by atoms with E-state index in [0.29, 0.717) is 30.1 Å². The number of piperazine rings is 1. The van der Waals surface area contributed by atoms with E-state index in [9.17, 15) is 14.4 Å². The molecule has 1 aliphatic carbocycles. The quantitative estimate of drug-likeness (QED) is 0.323. The van der Waals surface area contributed by atoms with Crippen molar-refractivity contribution in [3.05, 3.63) is 65.2 Å². The van der Waals surface area contributed by atoms with Crippen LogP contribution in [0.15, 0.2) is 48.5 Å². The third-order valence-corrected chi connectivity index (χ3v) is 9.19. The van der Waals surface area contributed by atoms with Crippen LogP contribution in [0, 0.1) is 24.2 Å². The Kier molecular flexibility index (Phi) is 10.5. The molecule has 1 saturated carbocycles. The van der Waals surface area contributed by atoms with Gasteiger partial charge < -0.3 is 15.0 Å². The highest BCUT2D eigenvalue weighted by Gasteiger charge is 2.64. The summed E-state index contributed by atoms with van der Waals surface area (Å²) in [4.78, 5) is 44.6. The molecule has 7 nitrogen and oxygen atoms in total. The fourth-order valence-electron chi connectivity index (χ4n) is 6.57. The number of ether oxygens (including phenoxy) is 1. The van der Waals surface area contributed by atoms with Crippen molar-refractivity contribution in [2.45, 2.75) is 79.4 Å². The Morgan fingerprint density at radius 2 is 1.57 bits per heavy atom. The van der Waals surface area contributed by atoms with Gasteiger partial charge in [-0.1, -0.05) is 70.9 Å². The predicted octanol–water partition coefficient (Wildman–Crippen LogP) is 5.82. The summed E-state index contributed by atoms with van der Waals surface area (Å²) in [6.07, 6.45) is 2.34. The molecule has 2 unspecified atom stereocenters. The highest BCUT2D eigenvalue weighted by atomic mass is 16.5. The lowest BCUT2D eigenvalue weighted by Gasteiger charge is -2.51. The second-order valence-corrected chi connectivity index (χ2v) is 12.5. The molecule has 1 saturated heterocycles. The number of carbonyl (C=O) groups excluding carboxylic acids is 3. The first-order valence-corrected chi connectivity index (χ1v) is 15.8. The standard InChI is InChI=1S/C35H49N3O4/c1-7-10-29(26-13-11-25(6)12-14-26)36-33(40)30-31(39)35(8-2,9-3)32(30)42-28-17-15-27(16-18-28)34(41)38-21-19-37(20-22-38)23-24(4)5/h11-18,24,29-30,32H,7-10,19-23H2,1-6H3,(H,36,40)/t29?,30?,32-/m1/s1. The van der Waals surface area contributed by atoms with Crippen molar-refractivity contribution in [1.82, 2.24) is 15.1 Å². The molecule has 7 heteroatoms. The SMILES string of the molecule is CCCC(NC(=O)C1C(=O)C(CC)(CC)[C@@H]1Oc1ccc(C(=O)N2CCN(CC(C)C)CC2)cc1)c1ccc(C)cc1. The van der Waals surface area contributed by atoms with Gasteiger partial charge in [0.25, 0.3) is 5.91 Å². The van der Waals surface area contributed by atoms with E-state index < -0.39 is 17.4 Å². The lowest BCUT2D eigenvalue weighted by Crippen LogP contribution is -2.68. The first kappa shape index (κ1) is 31.7. The summed E-state index contributed by atoms with van der Waals surface area (Å²) in [5.74, 6) is 0.0251. The van der Waals surface area contributed by atoms with Crippen LogP contribution in [0.4, 0.5) is 0 Å². The number of nitrogens with zero attached hydrogens (tertiary/aromatic N) is 2. The van der Waals surface area contributed by atoms with Gasteiger partial charge in [-0.2, -0.15) is 0 Å². The number of ketones is 1. The van der Waals surface area contributed by atoms with E-state index in [4.69, 9.17) is 4.74 Å². The molecule has 2 aromatic rings. The topological polar surface area (TPSA) is 78.9 Å². The molecular weight excluding hydrogens is 526 g/mol. The van der Waals surface area contributed by atoms with Gasteiger partial charge in [-0.3, -0.25) is 19.3 Å². The van der Waals surface area contributed by atoms with E-state index in [1.807, 2.05) is 49.9 Å². The molecule has 2 aliphatic rings. The Hall–Kier alpha value is -3.19. The fraction of sp³-hybridized carbons (Fsp3) is 0.571. The average Bonchev–Trinajstić information content (AvgIpc) is 2.98. The molecule has 0 aromatic heterocycles. The van der Waals surface area contributed by atoms with Crippen LogP contribution >= 0.6 is 0 Å². The van der Waals surface area contributed by atoms with Crippen LogP contribution in [0.1, 0.15) is 87.8 Å². The molecule has 2 fully saturated rings. The number of nitrogens with one attached hydrogen (secondary N) is 1. The number of aryl methyl sites for hydroxylation is 1. The van der Waals surface area contributed by atoms with Gasteiger partial charge in [-0.15, -0.1) is 0 Å². The summed E-state index contributed by atoms with van der Waals surface area (Å²) in [5.41, 5.74) is 2.13.